The maximum absolute atomic E-state index is 12.5. The Bertz CT molecular complexity index is 1330. The second-order valence-electron chi connectivity index (χ2n) is 7.02. The van der Waals surface area contributed by atoms with E-state index in [1.54, 1.807) is 32.7 Å². The van der Waals surface area contributed by atoms with Crippen LogP contribution in [-0.4, -0.2) is 51.8 Å². The van der Waals surface area contributed by atoms with Gasteiger partial charge >= 0.3 is 0 Å². The van der Waals surface area contributed by atoms with E-state index in [2.05, 4.69) is 41.6 Å². The Morgan fingerprint density at radius 1 is 1.11 bits per heavy atom. The van der Waals surface area contributed by atoms with Gasteiger partial charge in [-0.2, -0.15) is 5.10 Å². The van der Waals surface area contributed by atoms with E-state index >= 15 is 0 Å². The van der Waals surface area contributed by atoms with Crippen LogP contribution < -0.4 is 14.9 Å². The molecule has 0 atom stereocenters. The number of methoxy groups -OCH3 is 2. The maximum Gasteiger partial charge on any atom is 0.250 e. The number of nitrogens with zero attached hydrogens (tertiary/aromatic N) is 5. The molecule has 2 aromatic carbocycles. The number of hydrogen-bond donors (Lipinski definition) is 1. The van der Waals surface area contributed by atoms with E-state index < -0.39 is 0 Å². The van der Waals surface area contributed by atoms with E-state index in [9.17, 15) is 4.79 Å². The van der Waals surface area contributed by atoms with Crippen molar-refractivity contribution >= 4 is 39.8 Å². The molecule has 0 bridgehead atoms. The molecule has 0 aliphatic heterocycles. The molecule has 0 saturated heterocycles. The summed E-state index contributed by atoms with van der Waals surface area (Å²) < 4.78 is 13.5. The Labute approximate surface area is 214 Å². The SMILES string of the molecule is COc1cccc(C=NNC(=O)CSc2nnc(-c3cccnc3)n2-c2ccc(Br)cc2)c1OC. The molecule has 4 aromatic rings. The lowest BCUT2D eigenvalue weighted by Crippen LogP contribution is -2.20. The number of aromatic nitrogens is 4. The van der Waals surface area contributed by atoms with Crippen LogP contribution in [0.15, 0.2) is 81.7 Å². The number of para-hydroxylation sites is 1. The average molecular weight is 553 g/mol. The molecule has 0 radical (unpaired) electrons. The van der Waals surface area contributed by atoms with Gasteiger partial charge in [-0.3, -0.25) is 14.3 Å². The molecule has 2 heterocycles. The molecule has 9 nitrogen and oxygen atoms in total. The van der Waals surface area contributed by atoms with Crippen LogP contribution >= 0.6 is 27.7 Å². The van der Waals surface area contributed by atoms with Crippen molar-refractivity contribution in [2.75, 3.05) is 20.0 Å². The lowest BCUT2D eigenvalue weighted by atomic mass is 10.2. The molecule has 4 rings (SSSR count). The van der Waals surface area contributed by atoms with Gasteiger partial charge in [-0.25, -0.2) is 5.43 Å². The van der Waals surface area contributed by atoms with Crippen LogP contribution in [0.4, 0.5) is 0 Å². The summed E-state index contributed by atoms with van der Waals surface area (Å²) in [5, 5.41) is 13.3. The summed E-state index contributed by atoms with van der Waals surface area (Å²) in [6.45, 7) is 0. The van der Waals surface area contributed by atoms with Crippen molar-refractivity contribution in [3.8, 4) is 28.6 Å². The minimum atomic E-state index is -0.290. The van der Waals surface area contributed by atoms with Crippen molar-refractivity contribution in [2.45, 2.75) is 5.16 Å². The molecular formula is C24H21BrN6O3S. The smallest absolute Gasteiger partial charge is 0.250 e. The fourth-order valence-corrected chi connectivity index (χ4v) is 4.23. The molecule has 0 saturated carbocycles. The Balaban J connectivity index is 1.49. The van der Waals surface area contributed by atoms with Crippen molar-refractivity contribution in [2.24, 2.45) is 5.10 Å². The van der Waals surface area contributed by atoms with E-state index in [-0.39, 0.29) is 11.7 Å². The number of rotatable bonds is 9. The molecule has 0 fully saturated rings. The highest BCUT2D eigenvalue weighted by molar-refractivity contribution is 9.10. The van der Waals surface area contributed by atoms with Gasteiger partial charge in [-0.05, 0) is 48.5 Å². The van der Waals surface area contributed by atoms with Gasteiger partial charge < -0.3 is 9.47 Å². The van der Waals surface area contributed by atoms with Gasteiger partial charge in [0.25, 0.3) is 5.91 Å². The number of ether oxygens (including phenoxy) is 2. The minimum absolute atomic E-state index is 0.0916. The van der Waals surface area contributed by atoms with E-state index in [1.807, 2.05) is 53.1 Å². The van der Waals surface area contributed by atoms with Gasteiger partial charge in [0.05, 0.1) is 26.2 Å². The third-order valence-corrected chi connectivity index (χ3v) is 6.25. The average Bonchev–Trinajstić information content (AvgIpc) is 3.32. The first-order chi connectivity index (χ1) is 17.1. The summed E-state index contributed by atoms with van der Waals surface area (Å²) in [5.74, 6) is 1.55. The quantitative estimate of drug-likeness (QED) is 0.187. The first-order valence-electron chi connectivity index (χ1n) is 10.4. The van der Waals surface area contributed by atoms with E-state index in [0.29, 0.717) is 28.0 Å². The summed E-state index contributed by atoms with van der Waals surface area (Å²) in [6.07, 6.45) is 4.93. The Kier molecular flexibility index (Phi) is 8.11. The van der Waals surface area contributed by atoms with Crippen LogP contribution in [0.2, 0.25) is 0 Å². The van der Waals surface area contributed by atoms with Crippen LogP contribution in [0.3, 0.4) is 0 Å². The molecule has 0 unspecified atom stereocenters. The molecule has 178 valence electrons. The van der Waals surface area contributed by atoms with Crippen molar-refractivity contribution in [1.29, 1.82) is 0 Å². The molecule has 35 heavy (non-hydrogen) atoms. The lowest BCUT2D eigenvalue weighted by molar-refractivity contribution is -0.118. The first kappa shape index (κ1) is 24.4. The number of benzene rings is 2. The summed E-state index contributed by atoms with van der Waals surface area (Å²) in [4.78, 5) is 16.7. The highest BCUT2D eigenvalue weighted by Crippen LogP contribution is 2.30. The zero-order valence-electron chi connectivity index (χ0n) is 18.9. The number of hydrazone groups is 1. The lowest BCUT2D eigenvalue weighted by Gasteiger charge is -2.10. The third kappa shape index (κ3) is 5.87. The second kappa shape index (κ2) is 11.6. The van der Waals surface area contributed by atoms with Gasteiger partial charge in [0.1, 0.15) is 0 Å². The van der Waals surface area contributed by atoms with Crippen LogP contribution in [0, 0.1) is 0 Å². The van der Waals surface area contributed by atoms with Gasteiger partial charge in [-0.15, -0.1) is 10.2 Å². The second-order valence-corrected chi connectivity index (χ2v) is 8.88. The number of carbonyl (C=O) groups is 1. The van der Waals surface area contributed by atoms with Gasteiger partial charge in [0, 0.05) is 33.7 Å². The van der Waals surface area contributed by atoms with Crippen molar-refractivity contribution in [3.05, 3.63) is 77.0 Å². The molecule has 11 heteroatoms. The molecular weight excluding hydrogens is 532 g/mol. The van der Waals surface area contributed by atoms with Crippen molar-refractivity contribution < 1.29 is 14.3 Å². The van der Waals surface area contributed by atoms with Crippen LogP contribution in [0.1, 0.15) is 5.56 Å². The Morgan fingerprint density at radius 3 is 2.66 bits per heavy atom. The van der Waals surface area contributed by atoms with Crippen LogP contribution in [0.5, 0.6) is 11.5 Å². The number of amides is 1. The number of nitrogens with one attached hydrogen (secondary N) is 1. The highest BCUT2D eigenvalue weighted by atomic mass is 79.9. The number of pyridine rings is 1. The highest BCUT2D eigenvalue weighted by Gasteiger charge is 2.17. The third-order valence-electron chi connectivity index (χ3n) is 4.80. The molecule has 0 aliphatic rings. The maximum atomic E-state index is 12.5. The summed E-state index contributed by atoms with van der Waals surface area (Å²) in [5.41, 5.74) is 4.89. The van der Waals surface area contributed by atoms with Gasteiger partial charge in [-0.1, -0.05) is 33.8 Å². The van der Waals surface area contributed by atoms with E-state index in [0.717, 1.165) is 15.7 Å². The zero-order chi connectivity index (χ0) is 24.6. The molecule has 1 N–H and O–H groups in total. The molecule has 0 spiro atoms. The Morgan fingerprint density at radius 2 is 1.94 bits per heavy atom. The fraction of sp³-hybridized carbons (Fsp3) is 0.125. The monoisotopic (exact) mass is 552 g/mol. The number of halogens is 1. The summed E-state index contributed by atoms with van der Waals surface area (Å²) >= 11 is 4.72. The van der Waals surface area contributed by atoms with Crippen molar-refractivity contribution in [1.82, 2.24) is 25.2 Å². The van der Waals surface area contributed by atoms with Gasteiger partial charge in [0.15, 0.2) is 22.5 Å². The number of hydrogen-bond acceptors (Lipinski definition) is 8. The topological polar surface area (TPSA) is 104 Å². The minimum Gasteiger partial charge on any atom is -0.493 e. The number of carbonyl (C=O) groups excluding carboxylic acids is 1. The largest absolute Gasteiger partial charge is 0.493 e. The van der Waals surface area contributed by atoms with Gasteiger partial charge in [0.2, 0.25) is 0 Å². The molecule has 2 aromatic heterocycles. The van der Waals surface area contributed by atoms with E-state index in [1.165, 1.54) is 18.0 Å². The predicted octanol–water partition coefficient (Wildman–Crippen LogP) is 4.35. The zero-order valence-corrected chi connectivity index (χ0v) is 21.3. The number of thioether (sulfide) groups is 1. The summed E-state index contributed by atoms with van der Waals surface area (Å²) in [6, 6.07) is 16.9. The van der Waals surface area contributed by atoms with Crippen LogP contribution in [-0.2, 0) is 4.79 Å². The van der Waals surface area contributed by atoms with E-state index in [4.69, 9.17) is 9.47 Å². The standard InChI is InChI=1S/C24H21BrN6O3S/c1-33-20-7-3-5-16(22(20)34-2)14-27-28-21(32)15-35-24-30-29-23(17-6-4-12-26-13-17)31(24)19-10-8-18(25)9-11-19/h3-14H,15H2,1-2H3,(H,28,32). The normalized spacial score (nSPS) is 10.9. The summed E-state index contributed by atoms with van der Waals surface area (Å²) in [7, 11) is 3.11. The molecule has 0 aliphatic carbocycles. The van der Waals surface area contributed by atoms with Crippen LogP contribution in [0.25, 0.3) is 17.1 Å². The predicted molar refractivity (Wildman–Crippen MR) is 138 cm³/mol. The molecule has 1 amide bonds. The fourth-order valence-electron chi connectivity index (χ4n) is 3.22. The Hall–Kier alpha value is -3.70. The first-order valence-corrected chi connectivity index (χ1v) is 12.2. The van der Waals surface area contributed by atoms with Crippen molar-refractivity contribution in [3.63, 3.8) is 0 Å².